The SMILES string of the molecule is CC=CCCc1cc(C)ccn1. The molecule has 1 aromatic heterocycles. The molecule has 0 saturated heterocycles. The number of nitrogens with zero attached hydrogens (tertiary/aromatic N) is 1. The summed E-state index contributed by atoms with van der Waals surface area (Å²) in [7, 11) is 0. The molecule has 12 heavy (non-hydrogen) atoms. The van der Waals surface area contributed by atoms with Crippen molar-refractivity contribution in [3.63, 3.8) is 0 Å². The zero-order valence-electron chi connectivity index (χ0n) is 7.75. The quantitative estimate of drug-likeness (QED) is 0.621. The molecule has 0 bridgehead atoms. The van der Waals surface area contributed by atoms with Crippen LogP contribution in [0.25, 0.3) is 0 Å². The number of rotatable bonds is 3. The first kappa shape index (κ1) is 8.98. The first-order valence-corrected chi connectivity index (χ1v) is 4.35. The van der Waals surface area contributed by atoms with E-state index in [1.165, 1.54) is 11.3 Å². The van der Waals surface area contributed by atoms with Crippen LogP contribution in [0.4, 0.5) is 0 Å². The number of pyridine rings is 1. The first-order chi connectivity index (χ1) is 5.83. The van der Waals surface area contributed by atoms with Crippen LogP contribution in [0.3, 0.4) is 0 Å². The van der Waals surface area contributed by atoms with Gasteiger partial charge in [0.05, 0.1) is 0 Å². The maximum atomic E-state index is 4.28. The summed E-state index contributed by atoms with van der Waals surface area (Å²) in [5, 5.41) is 0. The van der Waals surface area contributed by atoms with Crippen molar-refractivity contribution in [3.8, 4) is 0 Å². The van der Waals surface area contributed by atoms with Crippen LogP contribution in [-0.4, -0.2) is 4.98 Å². The van der Waals surface area contributed by atoms with Gasteiger partial charge in [0.1, 0.15) is 0 Å². The Morgan fingerprint density at radius 2 is 2.33 bits per heavy atom. The Labute approximate surface area is 74.2 Å². The second kappa shape index (κ2) is 4.70. The molecule has 0 N–H and O–H groups in total. The molecule has 0 radical (unpaired) electrons. The number of hydrogen-bond donors (Lipinski definition) is 0. The zero-order chi connectivity index (χ0) is 8.81. The number of aromatic nitrogens is 1. The highest BCUT2D eigenvalue weighted by Crippen LogP contribution is 2.02. The van der Waals surface area contributed by atoms with E-state index in [4.69, 9.17) is 0 Å². The molecule has 0 unspecified atom stereocenters. The Balaban J connectivity index is 2.52. The van der Waals surface area contributed by atoms with Crippen LogP contribution in [0, 0.1) is 6.92 Å². The van der Waals surface area contributed by atoms with Crippen LogP contribution in [0.15, 0.2) is 30.5 Å². The Bertz CT molecular complexity index is 263. The Kier molecular flexibility index (Phi) is 3.52. The third-order valence-electron chi connectivity index (χ3n) is 1.77. The van der Waals surface area contributed by atoms with E-state index >= 15 is 0 Å². The van der Waals surface area contributed by atoms with Crippen molar-refractivity contribution in [3.05, 3.63) is 41.7 Å². The average molecular weight is 161 g/mol. The third kappa shape index (κ3) is 2.87. The number of aryl methyl sites for hydroxylation is 2. The van der Waals surface area contributed by atoms with Gasteiger partial charge in [0.15, 0.2) is 0 Å². The molecule has 0 aromatic carbocycles. The van der Waals surface area contributed by atoms with Crippen LogP contribution < -0.4 is 0 Å². The summed E-state index contributed by atoms with van der Waals surface area (Å²) in [4.78, 5) is 4.28. The molecule has 0 aliphatic heterocycles. The second-order valence-corrected chi connectivity index (χ2v) is 2.93. The molecule has 1 heteroatoms. The van der Waals surface area contributed by atoms with E-state index in [0.717, 1.165) is 12.8 Å². The van der Waals surface area contributed by atoms with Gasteiger partial charge in [-0.05, 0) is 44.4 Å². The first-order valence-electron chi connectivity index (χ1n) is 4.35. The summed E-state index contributed by atoms with van der Waals surface area (Å²) in [6, 6.07) is 4.17. The van der Waals surface area contributed by atoms with Gasteiger partial charge in [-0.15, -0.1) is 0 Å². The Morgan fingerprint density at radius 1 is 1.50 bits per heavy atom. The molecule has 0 saturated carbocycles. The van der Waals surface area contributed by atoms with Crippen LogP contribution >= 0.6 is 0 Å². The topological polar surface area (TPSA) is 12.9 Å². The molecule has 0 fully saturated rings. The van der Waals surface area contributed by atoms with E-state index < -0.39 is 0 Å². The van der Waals surface area contributed by atoms with E-state index in [0.29, 0.717) is 0 Å². The fourth-order valence-corrected chi connectivity index (χ4v) is 1.13. The van der Waals surface area contributed by atoms with E-state index in [-0.39, 0.29) is 0 Å². The van der Waals surface area contributed by atoms with E-state index in [9.17, 15) is 0 Å². The van der Waals surface area contributed by atoms with Gasteiger partial charge in [-0.1, -0.05) is 12.2 Å². The molecule has 0 amide bonds. The molecule has 64 valence electrons. The van der Waals surface area contributed by atoms with Gasteiger partial charge in [-0.25, -0.2) is 0 Å². The minimum Gasteiger partial charge on any atom is -0.261 e. The van der Waals surface area contributed by atoms with Crippen molar-refractivity contribution in [1.29, 1.82) is 0 Å². The van der Waals surface area contributed by atoms with Crippen LogP contribution in [0.1, 0.15) is 24.6 Å². The zero-order valence-corrected chi connectivity index (χ0v) is 7.75. The lowest BCUT2D eigenvalue weighted by molar-refractivity contribution is 0.938. The van der Waals surface area contributed by atoms with Crippen molar-refractivity contribution >= 4 is 0 Å². The predicted octanol–water partition coefficient (Wildman–Crippen LogP) is 2.90. The normalized spacial score (nSPS) is 10.8. The molecule has 0 aliphatic rings. The van der Waals surface area contributed by atoms with Gasteiger partial charge in [0.25, 0.3) is 0 Å². The van der Waals surface area contributed by atoms with Gasteiger partial charge in [0, 0.05) is 11.9 Å². The van der Waals surface area contributed by atoms with E-state index in [1.54, 1.807) is 0 Å². The fourth-order valence-electron chi connectivity index (χ4n) is 1.13. The summed E-state index contributed by atoms with van der Waals surface area (Å²) in [5.41, 5.74) is 2.48. The number of hydrogen-bond acceptors (Lipinski definition) is 1. The highest BCUT2D eigenvalue weighted by molar-refractivity contribution is 5.14. The van der Waals surface area contributed by atoms with Crippen LogP contribution in [0.2, 0.25) is 0 Å². The predicted molar refractivity (Wildman–Crippen MR) is 52.1 cm³/mol. The third-order valence-corrected chi connectivity index (χ3v) is 1.77. The highest BCUT2D eigenvalue weighted by atomic mass is 14.7. The van der Waals surface area contributed by atoms with Crippen LogP contribution in [0.5, 0.6) is 0 Å². The van der Waals surface area contributed by atoms with Crippen LogP contribution in [-0.2, 0) is 6.42 Å². The largest absolute Gasteiger partial charge is 0.261 e. The molecule has 1 nitrogen and oxygen atoms in total. The lowest BCUT2D eigenvalue weighted by Gasteiger charge is -1.97. The summed E-state index contributed by atoms with van der Waals surface area (Å²) >= 11 is 0. The van der Waals surface area contributed by atoms with Crippen molar-refractivity contribution in [2.45, 2.75) is 26.7 Å². The maximum Gasteiger partial charge on any atom is 0.0409 e. The van der Waals surface area contributed by atoms with Crippen molar-refractivity contribution < 1.29 is 0 Å². The van der Waals surface area contributed by atoms with Crippen molar-refractivity contribution in [2.75, 3.05) is 0 Å². The van der Waals surface area contributed by atoms with Gasteiger partial charge < -0.3 is 0 Å². The van der Waals surface area contributed by atoms with Gasteiger partial charge in [0.2, 0.25) is 0 Å². The maximum absolute atomic E-state index is 4.28. The molecule has 1 aromatic rings. The Hall–Kier alpha value is -1.11. The van der Waals surface area contributed by atoms with Gasteiger partial charge in [-0.3, -0.25) is 4.98 Å². The molecule has 0 spiro atoms. The van der Waals surface area contributed by atoms with E-state index in [2.05, 4.69) is 30.1 Å². The standard InChI is InChI=1S/C11H15N/c1-3-4-5-6-11-9-10(2)7-8-12-11/h3-4,7-9H,5-6H2,1-2H3. The molecule has 0 aliphatic carbocycles. The lowest BCUT2D eigenvalue weighted by atomic mass is 10.2. The number of allylic oxidation sites excluding steroid dienone is 2. The molecule has 0 atom stereocenters. The van der Waals surface area contributed by atoms with Gasteiger partial charge >= 0.3 is 0 Å². The molecule has 1 heterocycles. The van der Waals surface area contributed by atoms with Crippen molar-refractivity contribution in [1.82, 2.24) is 4.98 Å². The van der Waals surface area contributed by atoms with Gasteiger partial charge in [-0.2, -0.15) is 0 Å². The molecular weight excluding hydrogens is 146 g/mol. The fraction of sp³-hybridized carbons (Fsp3) is 0.364. The van der Waals surface area contributed by atoms with Crippen molar-refractivity contribution in [2.24, 2.45) is 0 Å². The summed E-state index contributed by atoms with van der Waals surface area (Å²) in [6.45, 7) is 4.14. The summed E-state index contributed by atoms with van der Waals surface area (Å²) < 4.78 is 0. The summed E-state index contributed by atoms with van der Waals surface area (Å²) in [6.07, 6.45) is 8.26. The minimum absolute atomic E-state index is 1.05. The molecular formula is C11H15N. The molecule has 1 rings (SSSR count). The second-order valence-electron chi connectivity index (χ2n) is 2.93. The lowest BCUT2D eigenvalue weighted by Crippen LogP contribution is -1.88. The smallest absolute Gasteiger partial charge is 0.0409 e. The minimum atomic E-state index is 1.05. The summed E-state index contributed by atoms with van der Waals surface area (Å²) in [5.74, 6) is 0. The highest BCUT2D eigenvalue weighted by Gasteiger charge is 1.91. The van der Waals surface area contributed by atoms with E-state index in [1.807, 2.05) is 19.2 Å². The average Bonchev–Trinajstić information content (AvgIpc) is 2.05. The Morgan fingerprint density at radius 3 is 3.00 bits per heavy atom. The monoisotopic (exact) mass is 161 g/mol.